The SMILES string of the molecule is Cc1ccnc(C(=O)[C@]23Cc4nnn(-c5ccc(F)cc5)c4C=C2CC[C@H](S(=O)(=O)c2ccc(C)c(F)c2)C3)c1. The minimum atomic E-state index is -3.95. The van der Waals surface area contributed by atoms with E-state index < -0.39 is 26.3 Å². The van der Waals surface area contributed by atoms with Crippen molar-refractivity contribution in [1.29, 1.82) is 0 Å². The van der Waals surface area contributed by atoms with E-state index in [1.807, 2.05) is 13.0 Å². The molecule has 0 amide bonds. The highest BCUT2D eigenvalue weighted by Crippen LogP contribution is 2.51. The third-order valence-electron chi connectivity index (χ3n) is 8.05. The van der Waals surface area contributed by atoms with E-state index in [4.69, 9.17) is 0 Å². The van der Waals surface area contributed by atoms with E-state index >= 15 is 0 Å². The van der Waals surface area contributed by atoms with Gasteiger partial charge in [-0.25, -0.2) is 21.9 Å². The smallest absolute Gasteiger partial charge is 0.191 e. The van der Waals surface area contributed by atoms with E-state index in [1.54, 1.807) is 42.1 Å². The fraction of sp³-hybridized carbons (Fsp3) is 0.267. The molecule has 1 fully saturated rings. The maximum absolute atomic E-state index is 14.4. The monoisotopic (exact) mass is 560 g/mol. The summed E-state index contributed by atoms with van der Waals surface area (Å²) in [6.45, 7) is 3.44. The number of carbonyl (C=O) groups is 1. The number of benzene rings is 2. The van der Waals surface area contributed by atoms with Crippen LogP contribution in [0.2, 0.25) is 0 Å². The number of fused-ring (bicyclic) bond motifs is 2. The van der Waals surface area contributed by atoms with Gasteiger partial charge in [0.1, 0.15) is 17.3 Å². The van der Waals surface area contributed by atoms with Gasteiger partial charge in [-0.2, -0.15) is 0 Å². The molecule has 0 unspecified atom stereocenters. The van der Waals surface area contributed by atoms with Crippen molar-refractivity contribution < 1.29 is 22.0 Å². The summed E-state index contributed by atoms with van der Waals surface area (Å²) in [6, 6.07) is 13.3. The van der Waals surface area contributed by atoms with Crippen LogP contribution in [0.5, 0.6) is 0 Å². The summed E-state index contributed by atoms with van der Waals surface area (Å²) in [5, 5.41) is 7.73. The normalized spacial score (nSPS) is 20.4. The number of sulfone groups is 1. The number of allylic oxidation sites excluding steroid dienone is 1. The van der Waals surface area contributed by atoms with Gasteiger partial charge >= 0.3 is 0 Å². The second kappa shape index (κ2) is 9.55. The molecule has 204 valence electrons. The molecule has 0 saturated heterocycles. The van der Waals surface area contributed by atoms with Crippen molar-refractivity contribution in [3.63, 3.8) is 0 Å². The van der Waals surface area contributed by atoms with Crippen LogP contribution in [0, 0.1) is 30.9 Å². The zero-order chi connectivity index (χ0) is 28.2. The van der Waals surface area contributed by atoms with Gasteiger partial charge in [0.2, 0.25) is 0 Å². The lowest BCUT2D eigenvalue weighted by molar-refractivity contribution is 0.0795. The number of hydrogen-bond donors (Lipinski definition) is 0. The Kier molecular flexibility index (Phi) is 6.25. The van der Waals surface area contributed by atoms with E-state index in [9.17, 15) is 22.0 Å². The molecule has 0 spiro atoms. The van der Waals surface area contributed by atoms with E-state index in [2.05, 4.69) is 15.3 Å². The zero-order valence-electron chi connectivity index (χ0n) is 21.9. The number of halogens is 2. The summed E-state index contributed by atoms with van der Waals surface area (Å²) < 4.78 is 57.0. The largest absolute Gasteiger partial charge is 0.291 e. The molecule has 6 rings (SSSR count). The summed E-state index contributed by atoms with van der Waals surface area (Å²) in [5.74, 6) is -1.24. The molecule has 2 aromatic heterocycles. The summed E-state index contributed by atoms with van der Waals surface area (Å²) in [6.07, 6.45) is 4.18. The molecule has 2 atom stereocenters. The van der Waals surface area contributed by atoms with Crippen LogP contribution in [0.1, 0.15) is 52.3 Å². The molecule has 7 nitrogen and oxygen atoms in total. The van der Waals surface area contributed by atoms with Crippen LogP contribution in [-0.2, 0) is 16.3 Å². The van der Waals surface area contributed by atoms with Crippen molar-refractivity contribution in [3.05, 3.63) is 106 Å². The number of ketones is 1. The van der Waals surface area contributed by atoms with Gasteiger partial charge in [0.15, 0.2) is 15.6 Å². The molecule has 0 radical (unpaired) electrons. The zero-order valence-corrected chi connectivity index (χ0v) is 22.8. The Labute approximate surface area is 230 Å². The predicted octanol–water partition coefficient (Wildman–Crippen LogP) is 5.39. The molecule has 2 aromatic carbocycles. The quantitative estimate of drug-likeness (QED) is 0.304. The standard InChI is InChI=1S/C30H26F2N4O3S/c1-18-11-12-33-26(13-18)29(37)30-16-24(40(38,39)23-9-3-19(2)25(32)15-23)10-4-20(30)14-28-27(17-30)34-35-36(28)22-7-5-21(31)6-8-22/h3,5-9,11-15,24H,4,10,16-17H2,1-2H3/t24-,30+/m0/s1. The van der Waals surface area contributed by atoms with Crippen LogP contribution < -0.4 is 0 Å². The average Bonchev–Trinajstić information content (AvgIpc) is 3.35. The molecule has 2 aliphatic carbocycles. The minimum absolute atomic E-state index is 0.00790. The van der Waals surface area contributed by atoms with Crippen LogP contribution in [0.15, 0.2) is 71.3 Å². The van der Waals surface area contributed by atoms with Crippen molar-refractivity contribution in [2.45, 2.75) is 49.7 Å². The lowest BCUT2D eigenvalue weighted by Crippen LogP contribution is -2.46. The van der Waals surface area contributed by atoms with Crippen LogP contribution >= 0.6 is 0 Å². The van der Waals surface area contributed by atoms with Crippen molar-refractivity contribution in [2.75, 3.05) is 0 Å². The van der Waals surface area contributed by atoms with Gasteiger partial charge in [-0.05, 0) is 98.8 Å². The van der Waals surface area contributed by atoms with Crippen LogP contribution in [0.4, 0.5) is 8.78 Å². The predicted molar refractivity (Wildman–Crippen MR) is 145 cm³/mol. The number of aromatic nitrogens is 4. The highest BCUT2D eigenvalue weighted by atomic mass is 32.2. The second-order valence-corrected chi connectivity index (χ2v) is 12.8. The number of Topliss-reactive ketones (excluding diaryl/α,β-unsaturated/α-hetero) is 1. The van der Waals surface area contributed by atoms with E-state index in [0.29, 0.717) is 29.1 Å². The van der Waals surface area contributed by atoms with E-state index in [0.717, 1.165) is 17.2 Å². The average molecular weight is 561 g/mol. The fourth-order valence-corrected chi connectivity index (χ4v) is 7.66. The van der Waals surface area contributed by atoms with Gasteiger partial charge in [-0.15, -0.1) is 5.10 Å². The molecular weight excluding hydrogens is 534 g/mol. The molecule has 2 heterocycles. The highest BCUT2D eigenvalue weighted by molar-refractivity contribution is 7.92. The molecule has 0 aliphatic heterocycles. The molecule has 0 N–H and O–H groups in total. The molecular formula is C30H26F2N4O3S. The summed E-state index contributed by atoms with van der Waals surface area (Å²) >= 11 is 0. The molecule has 0 bridgehead atoms. The van der Waals surface area contributed by atoms with Crippen molar-refractivity contribution in [1.82, 2.24) is 20.0 Å². The maximum Gasteiger partial charge on any atom is 0.191 e. The van der Waals surface area contributed by atoms with E-state index in [1.165, 1.54) is 24.3 Å². The number of hydrogen-bond acceptors (Lipinski definition) is 6. The lowest BCUT2D eigenvalue weighted by atomic mass is 9.62. The van der Waals surface area contributed by atoms with Gasteiger partial charge in [0.25, 0.3) is 0 Å². The van der Waals surface area contributed by atoms with Gasteiger partial charge in [0.05, 0.1) is 32.6 Å². The molecule has 4 aromatic rings. The summed E-state index contributed by atoms with van der Waals surface area (Å²) in [5.41, 5.74) is 2.85. The van der Waals surface area contributed by atoms with Crippen molar-refractivity contribution in [3.8, 4) is 5.69 Å². The first-order valence-electron chi connectivity index (χ1n) is 13.0. The number of pyridine rings is 1. The van der Waals surface area contributed by atoms with Gasteiger partial charge in [-0.1, -0.05) is 16.9 Å². The van der Waals surface area contributed by atoms with Gasteiger partial charge in [0, 0.05) is 12.6 Å². The van der Waals surface area contributed by atoms with Crippen LogP contribution in [0.25, 0.3) is 11.8 Å². The number of carbonyl (C=O) groups excluding carboxylic acids is 1. The van der Waals surface area contributed by atoms with E-state index in [-0.39, 0.29) is 41.5 Å². The van der Waals surface area contributed by atoms with Crippen molar-refractivity contribution >= 4 is 21.7 Å². The fourth-order valence-electron chi connectivity index (χ4n) is 5.82. The van der Waals surface area contributed by atoms with Crippen LogP contribution in [0.3, 0.4) is 0 Å². The highest BCUT2D eigenvalue weighted by Gasteiger charge is 2.52. The Bertz CT molecular complexity index is 1800. The van der Waals surface area contributed by atoms with Gasteiger partial charge in [-0.3, -0.25) is 9.78 Å². The first-order chi connectivity index (χ1) is 19.1. The molecule has 10 heteroatoms. The summed E-state index contributed by atoms with van der Waals surface area (Å²) in [4.78, 5) is 18.5. The third kappa shape index (κ3) is 4.27. The molecule has 40 heavy (non-hydrogen) atoms. The van der Waals surface area contributed by atoms with Gasteiger partial charge < -0.3 is 0 Å². The Morgan fingerprint density at radius 3 is 2.55 bits per heavy atom. The molecule has 1 saturated carbocycles. The minimum Gasteiger partial charge on any atom is -0.291 e. The Hall–Kier alpha value is -4.05. The van der Waals surface area contributed by atoms with Crippen molar-refractivity contribution in [2.24, 2.45) is 5.41 Å². The Morgan fingerprint density at radius 2 is 1.82 bits per heavy atom. The Balaban J connectivity index is 1.46. The second-order valence-electron chi connectivity index (χ2n) is 10.6. The maximum atomic E-state index is 14.4. The first kappa shape index (κ1) is 26.2. The molecule has 2 aliphatic rings. The first-order valence-corrected chi connectivity index (χ1v) is 14.5. The number of rotatable bonds is 5. The summed E-state index contributed by atoms with van der Waals surface area (Å²) in [7, 11) is -3.95. The topological polar surface area (TPSA) is 94.8 Å². The Morgan fingerprint density at radius 1 is 1.05 bits per heavy atom. The van der Waals surface area contributed by atoms with Crippen LogP contribution in [-0.4, -0.2) is 39.4 Å². The number of aryl methyl sites for hydroxylation is 2. The number of nitrogens with zero attached hydrogens (tertiary/aromatic N) is 4. The lowest BCUT2D eigenvalue weighted by Gasteiger charge is -2.43. The third-order valence-corrected chi connectivity index (χ3v) is 10.2.